The maximum Gasteiger partial charge on any atom is 0.306 e. The Bertz CT molecular complexity index is 419. The van der Waals surface area contributed by atoms with Crippen LogP contribution in [0, 0.1) is 5.92 Å². The topological polar surface area (TPSA) is 90.0 Å². The Hall–Kier alpha value is -0.700. The maximum absolute atomic E-state index is 12.1. The largest absolute Gasteiger partial charge is 0.481 e. The van der Waals surface area contributed by atoms with Crippen molar-refractivity contribution in [1.29, 1.82) is 0 Å². The van der Waals surface area contributed by atoms with Crippen LogP contribution >= 0.6 is 0 Å². The Labute approximate surface area is 127 Å². The van der Waals surface area contributed by atoms with Crippen LogP contribution in [0.2, 0.25) is 0 Å². The summed E-state index contributed by atoms with van der Waals surface area (Å²) in [6.07, 6.45) is 1.81. The third kappa shape index (κ3) is 5.90. The van der Waals surface area contributed by atoms with Gasteiger partial charge in [-0.3, -0.25) is 4.79 Å². The minimum atomic E-state index is -3.49. The highest BCUT2D eigenvalue weighted by Crippen LogP contribution is 2.18. The quantitative estimate of drug-likeness (QED) is 0.639. The fraction of sp³-hybridized carbons (Fsp3) is 0.923. The third-order valence-electron chi connectivity index (χ3n) is 3.84. The van der Waals surface area contributed by atoms with Gasteiger partial charge in [-0.15, -0.1) is 0 Å². The Balaban J connectivity index is 2.39. The van der Waals surface area contributed by atoms with Gasteiger partial charge in [0.05, 0.1) is 5.92 Å². The first kappa shape index (κ1) is 18.3. The maximum atomic E-state index is 12.1. The van der Waals surface area contributed by atoms with E-state index >= 15 is 0 Å². The molecule has 124 valence electrons. The van der Waals surface area contributed by atoms with E-state index < -0.39 is 22.1 Å². The van der Waals surface area contributed by atoms with Gasteiger partial charge in [0, 0.05) is 26.2 Å². The lowest BCUT2D eigenvalue weighted by Crippen LogP contribution is -2.47. The molecule has 0 saturated carbocycles. The number of hydrogen-bond donors (Lipinski definition) is 2. The Morgan fingerprint density at radius 3 is 2.38 bits per heavy atom. The number of carbonyl (C=O) groups is 1. The van der Waals surface area contributed by atoms with E-state index in [4.69, 9.17) is 5.11 Å². The normalized spacial score (nSPS) is 18.2. The summed E-state index contributed by atoms with van der Waals surface area (Å²) < 4.78 is 28.2. The molecule has 7 nitrogen and oxygen atoms in total. The molecular weight excluding hydrogens is 294 g/mol. The second-order valence-corrected chi connectivity index (χ2v) is 7.10. The summed E-state index contributed by atoms with van der Waals surface area (Å²) in [4.78, 5) is 13.1. The number of carboxylic acid groups (broad SMARTS) is 1. The highest BCUT2D eigenvalue weighted by atomic mass is 32.2. The van der Waals surface area contributed by atoms with Crippen molar-refractivity contribution in [2.75, 3.05) is 39.3 Å². The molecule has 8 heteroatoms. The van der Waals surface area contributed by atoms with Crippen LogP contribution in [-0.4, -0.2) is 68.0 Å². The summed E-state index contributed by atoms with van der Waals surface area (Å²) in [5, 5.41) is 8.92. The lowest BCUT2D eigenvalue weighted by molar-refractivity contribution is -0.142. The molecule has 1 saturated heterocycles. The van der Waals surface area contributed by atoms with Crippen LogP contribution in [0.4, 0.5) is 0 Å². The van der Waals surface area contributed by atoms with Crippen molar-refractivity contribution in [2.45, 2.75) is 33.1 Å². The fourth-order valence-corrected chi connectivity index (χ4v) is 3.73. The average Bonchev–Trinajstić information content (AvgIpc) is 2.46. The second kappa shape index (κ2) is 8.67. The number of carboxylic acids is 1. The summed E-state index contributed by atoms with van der Waals surface area (Å²) in [6.45, 7) is 7.64. The molecule has 1 rings (SSSR count). The fourth-order valence-electron chi connectivity index (χ4n) is 2.51. The monoisotopic (exact) mass is 321 g/mol. The Morgan fingerprint density at radius 1 is 1.29 bits per heavy atom. The Kier molecular flexibility index (Phi) is 7.58. The standard InChI is InChI=1S/C13H27N3O4S/c1-3-8-15(4-2)11-7-14-21(19,20)16-9-5-12(6-10-16)13(17)18/h12,14H,3-11H2,1-2H3,(H,17,18). The molecule has 0 radical (unpaired) electrons. The van der Waals surface area contributed by atoms with E-state index in [0.717, 1.165) is 19.5 Å². The van der Waals surface area contributed by atoms with Gasteiger partial charge in [-0.1, -0.05) is 13.8 Å². The number of rotatable bonds is 9. The van der Waals surface area contributed by atoms with Crippen LogP contribution in [0.5, 0.6) is 0 Å². The van der Waals surface area contributed by atoms with E-state index in [1.807, 2.05) is 0 Å². The Morgan fingerprint density at radius 2 is 1.90 bits per heavy atom. The van der Waals surface area contributed by atoms with Crippen molar-refractivity contribution in [1.82, 2.24) is 13.9 Å². The molecule has 0 aromatic rings. The molecule has 2 N–H and O–H groups in total. The minimum Gasteiger partial charge on any atom is -0.481 e. The van der Waals surface area contributed by atoms with Crippen molar-refractivity contribution in [3.05, 3.63) is 0 Å². The number of nitrogens with one attached hydrogen (secondary N) is 1. The van der Waals surface area contributed by atoms with E-state index in [1.165, 1.54) is 4.31 Å². The molecule has 0 amide bonds. The lowest BCUT2D eigenvalue weighted by atomic mass is 9.99. The minimum absolute atomic E-state index is 0.277. The van der Waals surface area contributed by atoms with Gasteiger partial charge < -0.3 is 10.0 Å². The van der Waals surface area contributed by atoms with Gasteiger partial charge >= 0.3 is 5.97 Å². The molecule has 0 aromatic heterocycles. The van der Waals surface area contributed by atoms with E-state index in [0.29, 0.717) is 25.9 Å². The molecule has 0 bridgehead atoms. The third-order valence-corrected chi connectivity index (χ3v) is 5.46. The van der Waals surface area contributed by atoms with E-state index in [2.05, 4.69) is 23.5 Å². The van der Waals surface area contributed by atoms with Gasteiger partial charge in [-0.25, -0.2) is 4.72 Å². The zero-order valence-electron chi connectivity index (χ0n) is 12.9. The second-order valence-electron chi connectivity index (χ2n) is 5.35. The van der Waals surface area contributed by atoms with E-state index in [9.17, 15) is 13.2 Å². The highest BCUT2D eigenvalue weighted by Gasteiger charge is 2.30. The summed E-state index contributed by atoms with van der Waals surface area (Å²) in [7, 11) is -3.49. The zero-order valence-corrected chi connectivity index (χ0v) is 13.7. The van der Waals surface area contributed by atoms with Crippen LogP contribution < -0.4 is 4.72 Å². The summed E-state index contributed by atoms with van der Waals surface area (Å²) in [5.41, 5.74) is 0. The highest BCUT2D eigenvalue weighted by molar-refractivity contribution is 7.87. The van der Waals surface area contributed by atoms with Crippen molar-refractivity contribution < 1.29 is 18.3 Å². The molecule has 1 heterocycles. The van der Waals surface area contributed by atoms with Crippen molar-refractivity contribution in [3.63, 3.8) is 0 Å². The molecule has 1 fully saturated rings. The van der Waals surface area contributed by atoms with Gasteiger partial charge in [0.2, 0.25) is 0 Å². The SMILES string of the molecule is CCCN(CC)CCNS(=O)(=O)N1CCC(C(=O)O)CC1. The summed E-state index contributed by atoms with van der Waals surface area (Å²) in [5.74, 6) is -1.25. The van der Waals surface area contributed by atoms with Gasteiger partial charge in [0.25, 0.3) is 10.2 Å². The molecule has 0 aliphatic carbocycles. The summed E-state index contributed by atoms with van der Waals surface area (Å²) >= 11 is 0. The summed E-state index contributed by atoms with van der Waals surface area (Å²) in [6, 6.07) is 0. The van der Waals surface area contributed by atoms with E-state index in [1.54, 1.807) is 0 Å². The van der Waals surface area contributed by atoms with E-state index in [-0.39, 0.29) is 13.1 Å². The molecule has 0 aromatic carbocycles. The number of aliphatic carboxylic acids is 1. The van der Waals surface area contributed by atoms with Crippen molar-refractivity contribution in [2.24, 2.45) is 5.92 Å². The van der Waals surface area contributed by atoms with Crippen LogP contribution in [0.3, 0.4) is 0 Å². The van der Waals surface area contributed by atoms with Crippen LogP contribution in [-0.2, 0) is 15.0 Å². The predicted molar refractivity (Wildman–Crippen MR) is 81.3 cm³/mol. The molecule has 1 aliphatic rings. The molecule has 0 spiro atoms. The first-order chi connectivity index (χ1) is 9.90. The molecule has 21 heavy (non-hydrogen) atoms. The van der Waals surface area contributed by atoms with Crippen molar-refractivity contribution in [3.8, 4) is 0 Å². The average molecular weight is 321 g/mol. The number of piperidine rings is 1. The first-order valence-corrected chi connectivity index (χ1v) is 9.04. The van der Waals surface area contributed by atoms with Crippen LogP contribution in [0.1, 0.15) is 33.1 Å². The zero-order chi connectivity index (χ0) is 15.9. The van der Waals surface area contributed by atoms with Crippen molar-refractivity contribution >= 4 is 16.2 Å². The van der Waals surface area contributed by atoms with Gasteiger partial charge in [-0.2, -0.15) is 12.7 Å². The number of hydrogen-bond acceptors (Lipinski definition) is 4. The predicted octanol–water partition coefficient (Wildman–Crippen LogP) is 0.349. The molecule has 1 aliphatic heterocycles. The lowest BCUT2D eigenvalue weighted by Gasteiger charge is -2.29. The van der Waals surface area contributed by atoms with Gasteiger partial charge in [0.1, 0.15) is 0 Å². The number of likely N-dealkylation sites (N-methyl/N-ethyl adjacent to an activating group) is 1. The van der Waals surface area contributed by atoms with Crippen LogP contribution in [0.25, 0.3) is 0 Å². The smallest absolute Gasteiger partial charge is 0.306 e. The van der Waals surface area contributed by atoms with Gasteiger partial charge in [0.15, 0.2) is 0 Å². The molecule has 0 unspecified atom stereocenters. The molecular formula is C13H27N3O4S. The number of nitrogens with zero attached hydrogens (tertiary/aromatic N) is 2. The first-order valence-electron chi connectivity index (χ1n) is 7.60. The molecule has 0 atom stereocenters. The van der Waals surface area contributed by atoms with Gasteiger partial charge in [-0.05, 0) is 32.4 Å². The van der Waals surface area contributed by atoms with Crippen LogP contribution in [0.15, 0.2) is 0 Å².